The van der Waals surface area contributed by atoms with Crippen molar-refractivity contribution in [2.24, 2.45) is 5.92 Å². The maximum Gasteiger partial charge on any atom is 0.534 e. The summed E-state index contributed by atoms with van der Waals surface area (Å²) >= 11 is 0. The third kappa shape index (κ3) is 2.80. The molecule has 2 unspecified atom stereocenters. The highest BCUT2D eigenvalue weighted by molar-refractivity contribution is 7.88. The molecule has 4 atom stereocenters. The molecular weight excluding hydrogens is 491 g/mol. The molecule has 0 amide bonds. The molecule has 3 heterocycles. The molecule has 8 nitrogen and oxygen atoms in total. The zero-order valence-corrected chi connectivity index (χ0v) is 19.7. The highest BCUT2D eigenvalue weighted by Gasteiger charge is 2.77. The summed E-state index contributed by atoms with van der Waals surface area (Å²) in [4.78, 5) is 2.35. The summed E-state index contributed by atoms with van der Waals surface area (Å²) in [6.45, 7) is 2.26. The Morgan fingerprint density at radius 3 is 2.57 bits per heavy atom. The first-order valence-corrected chi connectivity index (χ1v) is 13.5. The van der Waals surface area contributed by atoms with Gasteiger partial charge in [-0.15, -0.1) is 0 Å². The van der Waals surface area contributed by atoms with Crippen LogP contribution in [0.5, 0.6) is 11.5 Å². The van der Waals surface area contributed by atoms with Crippen molar-refractivity contribution < 1.29 is 45.1 Å². The van der Waals surface area contributed by atoms with Gasteiger partial charge in [-0.3, -0.25) is 4.90 Å². The predicted molar refractivity (Wildman–Crippen MR) is 113 cm³/mol. The van der Waals surface area contributed by atoms with E-state index in [-0.39, 0.29) is 11.8 Å². The number of halogens is 3. The normalized spacial score (nSPS) is 37.3. The zero-order valence-electron chi connectivity index (χ0n) is 18.8. The van der Waals surface area contributed by atoms with Crippen molar-refractivity contribution in [2.45, 2.75) is 73.0 Å². The molecule has 4 fully saturated rings. The van der Waals surface area contributed by atoms with E-state index < -0.39 is 44.3 Å². The van der Waals surface area contributed by atoms with Crippen LogP contribution in [-0.4, -0.2) is 73.8 Å². The topological polar surface area (TPSA) is 94.5 Å². The molecule has 2 saturated heterocycles. The second-order valence-corrected chi connectivity index (χ2v) is 12.3. The van der Waals surface area contributed by atoms with Gasteiger partial charge in [0.1, 0.15) is 0 Å². The molecule has 1 aromatic carbocycles. The maximum absolute atomic E-state index is 13.1. The number of benzene rings is 1. The van der Waals surface area contributed by atoms with Gasteiger partial charge < -0.3 is 23.5 Å². The van der Waals surface area contributed by atoms with Crippen LogP contribution in [0.15, 0.2) is 12.1 Å². The number of nitrogens with zero attached hydrogens (tertiary/aromatic N) is 1. The first-order chi connectivity index (χ1) is 16.5. The van der Waals surface area contributed by atoms with E-state index >= 15 is 0 Å². The van der Waals surface area contributed by atoms with Gasteiger partial charge in [-0.25, -0.2) is 0 Å². The van der Waals surface area contributed by atoms with Crippen LogP contribution in [0.3, 0.4) is 0 Å². The zero-order chi connectivity index (χ0) is 24.4. The monoisotopic (exact) mass is 517 g/mol. The summed E-state index contributed by atoms with van der Waals surface area (Å²) in [5, 5.41) is 12.4. The van der Waals surface area contributed by atoms with Crippen LogP contribution in [0.1, 0.15) is 43.2 Å². The average molecular weight is 518 g/mol. The van der Waals surface area contributed by atoms with Crippen molar-refractivity contribution in [1.82, 2.24) is 4.90 Å². The average Bonchev–Trinajstić information content (AvgIpc) is 3.34. The van der Waals surface area contributed by atoms with E-state index in [1.807, 2.05) is 0 Å². The quantitative estimate of drug-likeness (QED) is 0.480. The number of ether oxygens (including phenoxy) is 3. The number of aliphatic hydroxyl groups is 1. The summed E-state index contributed by atoms with van der Waals surface area (Å²) in [6.07, 6.45) is 3.24. The van der Waals surface area contributed by atoms with Gasteiger partial charge in [0.05, 0.1) is 24.2 Å². The van der Waals surface area contributed by atoms with Gasteiger partial charge in [-0.1, -0.05) is 6.07 Å². The summed E-state index contributed by atoms with van der Waals surface area (Å²) in [5.74, 6) is -1.13. The number of likely N-dealkylation sites (tertiary alicyclic amines) is 1. The van der Waals surface area contributed by atoms with E-state index in [0.29, 0.717) is 56.9 Å². The van der Waals surface area contributed by atoms with Crippen molar-refractivity contribution in [1.29, 1.82) is 0 Å². The molecule has 3 aliphatic carbocycles. The standard InChI is InChI=1S/C23H26F3NO7S/c24-23(25,26)35(29,30)34-15-4-3-14-11-16-21(28)5-6-22(31-9-10-32-22)19-20(21,17(14)18(15)33-19)7-8-27(16)12-13-1-2-13/h3-4,13,16,19,28H,1-2,5-12H2/t16-,19?,20+,21?/m1/s1. The molecule has 1 aromatic rings. The molecule has 2 saturated carbocycles. The minimum atomic E-state index is -5.91. The molecule has 12 heteroatoms. The van der Waals surface area contributed by atoms with Crippen molar-refractivity contribution in [3.8, 4) is 11.5 Å². The Hall–Kier alpha value is -1.60. The second-order valence-electron chi connectivity index (χ2n) is 10.7. The molecule has 35 heavy (non-hydrogen) atoms. The molecule has 7 rings (SSSR count). The molecular formula is C23H26F3NO7S. The van der Waals surface area contributed by atoms with Crippen molar-refractivity contribution in [3.05, 3.63) is 23.3 Å². The van der Waals surface area contributed by atoms with Gasteiger partial charge >= 0.3 is 15.6 Å². The fraction of sp³-hybridized carbons (Fsp3) is 0.739. The minimum Gasteiger partial charge on any atom is -0.479 e. The second kappa shape index (κ2) is 6.83. The lowest BCUT2D eigenvalue weighted by molar-refractivity contribution is -0.296. The predicted octanol–water partition coefficient (Wildman–Crippen LogP) is 2.22. The molecule has 2 spiro atoms. The largest absolute Gasteiger partial charge is 0.534 e. The number of hydrogen-bond donors (Lipinski definition) is 1. The number of hydrogen-bond acceptors (Lipinski definition) is 8. The Bertz CT molecular complexity index is 1200. The highest BCUT2D eigenvalue weighted by atomic mass is 32.2. The Balaban J connectivity index is 1.40. The maximum atomic E-state index is 13.1. The van der Waals surface area contributed by atoms with E-state index in [1.54, 1.807) is 6.07 Å². The Morgan fingerprint density at radius 1 is 1.14 bits per heavy atom. The lowest BCUT2D eigenvalue weighted by atomic mass is 9.48. The van der Waals surface area contributed by atoms with Crippen molar-refractivity contribution in [2.75, 3.05) is 26.3 Å². The third-order valence-corrected chi connectivity index (χ3v) is 9.98. The lowest BCUT2D eigenvalue weighted by Gasteiger charge is -2.65. The summed E-state index contributed by atoms with van der Waals surface area (Å²) in [5.41, 5.74) is -6.46. The molecule has 2 bridgehead atoms. The number of fused-ring (bicyclic) bond motifs is 1. The number of rotatable bonds is 4. The van der Waals surface area contributed by atoms with E-state index in [4.69, 9.17) is 14.2 Å². The van der Waals surface area contributed by atoms with Crippen LogP contribution >= 0.6 is 0 Å². The van der Waals surface area contributed by atoms with E-state index in [0.717, 1.165) is 12.1 Å². The Labute approximate surface area is 200 Å². The Kier molecular flexibility index (Phi) is 4.41. The van der Waals surface area contributed by atoms with Crippen molar-refractivity contribution in [3.63, 3.8) is 0 Å². The van der Waals surface area contributed by atoms with Gasteiger partial charge in [0.15, 0.2) is 17.6 Å². The van der Waals surface area contributed by atoms with Crippen LogP contribution in [-0.2, 0) is 31.4 Å². The summed E-state index contributed by atoms with van der Waals surface area (Å²) in [6, 6.07) is 2.64. The fourth-order valence-corrected chi connectivity index (χ4v) is 7.89. The van der Waals surface area contributed by atoms with Gasteiger partial charge in [0, 0.05) is 24.6 Å². The van der Waals surface area contributed by atoms with Crippen LogP contribution in [0, 0.1) is 5.92 Å². The molecule has 0 radical (unpaired) electrons. The SMILES string of the molecule is O=S(=O)(Oc1ccc2c3c1OC1C4(CCC5(O)[C@@H](C2)N(CC2CC2)CC[C@]315)OCCO4)C(F)(F)F. The first-order valence-electron chi connectivity index (χ1n) is 12.1. The Morgan fingerprint density at radius 2 is 1.89 bits per heavy atom. The van der Waals surface area contributed by atoms with E-state index in [1.165, 1.54) is 18.9 Å². The van der Waals surface area contributed by atoms with Gasteiger partial charge in [-0.2, -0.15) is 21.6 Å². The molecule has 3 aliphatic heterocycles. The lowest BCUT2D eigenvalue weighted by Crippen LogP contribution is -2.79. The summed E-state index contributed by atoms with van der Waals surface area (Å²) in [7, 11) is -5.91. The van der Waals surface area contributed by atoms with Gasteiger partial charge in [-0.05, 0) is 56.2 Å². The third-order valence-electron chi connectivity index (χ3n) is 9.01. The van der Waals surface area contributed by atoms with Crippen LogP contribution in [0.25, 0.3) is 0 Å². The minimum absolute atomic E-state index is 0.0618. The highest BCUT2D eigenvalue weighted by Crippen LogP contribution is 2.68. The molecule has 0 aromatic heterocycles. The van der Waals surface area contributed by atoms with Crippen LogP contribution in [0.4, 0.5) is 13.2 Å². The van der Waals surface area contributed by atoms with E-state index in [2.05, 4.69) is 9.08 Å². The summed E-state index contributed by atoms with van der Waals surface area (Å²) < 4.78 is 86.1. The molecule has 192 valence electrons. The van der Waals surface area contributed by atoms with Gasteiger partial charge in [0.25, 0.3) is 0 Å². The molecule has 1 N–H and O–H groups in total. The number of piperidine rings is 1. The van der Waals surface area contributed by atoms with Crippen molar-refractivity contribution >= 4 is 10.1 Å². The van der Waals surface area contributed by atoms with Gasteiger partial charge in [0.2, 0.25) is 5.79 Å². The number of alkyl halides is 3. The molecule has 6 aliphatic rings. The van der Waals surface area contributed by atoms with Crippen LogP contribution in [0.2, 0.25) is 0 Å². The van der Waals surface area contributed by atoms with Crippen LogP contribution < -0.4 is 8.92 Å². The van der Waals surface area contributed by atoms with E-state index in [9.17, 15) is 26.7 Å². The first kappa shape index (κ1) is 22.6. The smallest absolute Gasteiger partial charge is 0.479 e. The fourth-order valence-electron chi connectivity index (χ4n) is 7.43.